The quantitative estimate of drug-likeness (QED) is 0.564. The molecule has 2 amide bonds. The van der Waals surface area contributed by atoms with Crippen LogP contribution in [0.5, 0.6) is 0 Å². The van der Waals surface area contributed by atoms with Crippen molar-refractivity contribution in [2.75, 3.05) is 41.4 Å². The Morgan fingerprint density at radius 1 is 1.11 bits per heavy atom. The number of carbonyl (C=O) groups is 1. The first-order valence-corrected chi connectivity index (χ1v) is 12.4. The molecule has 0 saturated carbocycles. The number of carbonyl (C=O) groups excluding carboxylic acids is 1. The minimum atomic E-state index is -0.227. The van der Waals surface area contributed by atoms with Gasteiger partial charge in [0, 0.05) is 48.3 Å². The number of urea groups is 1. The number of benzene rings is 1. The van der Waals surface area contributed by atoms with Gasteiger partial charge in [0.1, 0.15) is 5.82 Å². The third kappa shape index (κ3) is 5.23. The van der Waals surface area contributed by atoms with Gasteiger partial charge in [0.25, 0.3) is 0 Å². The number of aromatic nitrogens is 4. The van der Waals surface area contributed by atoms with Crippen LogP contribution in [-0.2, 0) is 17.7 Å². The molecule has 10 heteroatoms. The molecule has 1 aromatic carbocycles. The Kier molecular flexibility index (Phi) is 6.95. The second-order valence-electron chi connectivity index (χ2n) is 9.46. The van der Waals surface area contributed by atoms with E-state index in [0.717, 1.165) is 36.6 Å². The summed E-state index contributed by atoms with van der Waals surface area (Å²) in [4.78, 5) is 35.5. The Hall–Kier alpha value is -3.79. The van der Waals surface area contributed by atoms with Crippen LogP contribution in [0.25, 0.3) is 11.4 Å². The van der Waals surface area contributed by atoms with Crippen LogP contribution in [0.2, 0.25) is 0 Å². The fourth-order valence-corrected chi connectivity index (χ4v) is 4.58. The van der Waals surface area contributed by atoms with Crippen molar-refractivity contribution in [3.05, 3.63) is 54.0 Å². The predicted octanol–water partition coefficient (Wildman–Crippen LogP) is 3.25. The zero-order valence-corrected chi connectivity index (χ0v) is 20.9. The maximum absolute atomic E-state index is 12.1. The Balaban J connectivity index is 1.47. The van der Waals surface area contributed by atoms with E-state index in [0.29, 0.717) is 37.2 Å². The predicted molar refractivity (Wildman–Crippen MR) is 139 cm³/mol. The molecule has 1 saturated heterocycles. The number of nitrogens with zero attached hydrogens (tertiary/aromatic N) is 6. The normalized spacial score (nSPS) is 17.6. The Morgan fingerprint density at radius 3 is 2.61 bits per heavy atom. The Morgan fingerprint density at radius 2 is 1.89 bits per heavy atom. The van der Waals surface area contributed by atoms with Crippen LogP contribution in [0.3, 0.4) is 0 Å². The summed E-state index contributed by atoms with van der Waals surface area (Å²) in [5.74, 6) is 2.36. The number of rotatable bonds is 5. The van der Waals surface area contributed by atoms with Gasteiger partial charge in [0.2, 0.25) is 5.95 Å². The van der Waals surface area contributed by atoms with Crippen LogP contribution in [0.15, 0.2) is 42.7 Å². The van der Waals surface area contributed by atoms with Crippen LogP contribution < -0.4 is 20.4 Å². The van der Waals surface area contributed by atoms with Crippen molar-refractivity contribution in [2.24, 2.45) is 0 Å². The van der Waals surface area contributed by atoms with Crippen LogP contribution >= 0.6 is 0 Å². The summed E-state index contributed by atoms with van der Waals surface area (Å²) in [5, 5.41) is 5.69. The molecule has 188 valence electrons. The molecule has 36 heavy (non-hydrogen) atoms. The minimum Gasteiger partial charge on any atom is -0.377 e. The first-order valence-electron chi connectivity index (χ1n) is 12.4. The molecule has 10 nitrogen and oxygen atoms in total. The monoisotopic (exact) mass is 488 g/mol. The maximum atomic E-state index is 12.1. The molecule has 1 atom stereocenters. The molecule has 0 radical (unpaired) electrons. The van der Waals surface area contributed by atoms with E-state index in [2.05, 4.69) is 37.3 Å². The van der Waals surface area contributed by atoms with Crippen LogP contribution in [0, 0.1) is 0 Å². The zero-order valence-electron chi connectivity index (χ0n) is 20.9. The lowest BCUT2D eigenvalue weighted by molar-refractivity contribution is 0.0984. The Bertz CT molecular complexity index is 1200. The van der Waals surface area contributed by atoms with Crippen LogP contribution in [0.1, 0.15) is 32.0 Å². The van der Waals surface area contributed by atoms with Crippen molar-refractivity contribution >= 4 is 23.5 Å². The highest BCUT2D eigenvalue weighted by molar-refractivity contribution is 5.89. The van der Waals surface area contributed by atoms with E-state index >= 15 is 0 Å². The van der Waals surface area contributed by atoms with Gasteiger partial charge in [-0.25, -0.2) is 24.7 Å². The summed E-state index contributed by atoms with van der Waals surface area (Å²) < 4.78 is 5.69. The average Bonchev–Trinajstić information content (AvgIpc) is 2.88. The maximum Gasteiger partial charge on any atom is 0.319 e. The lowest BCUT2D eigenvalue weighted by atomic mass is 10.0. The number of nitrogens with one attached hydrogen (secondary N) is 2. The molecule has 0 bridgehead atoms. The molecule has 0 aliphatic carbocycles. The summed E-state index contributed by atoms with van der Waals surface area (Å²) in [6, 6.07) is 9.53. The van der Waals surface area contributed by atoms with Gasteiger partial charge in [-0.1, -0.05) is 0 Å². The molecular formula is C26H32N8O2. The highest BCUT2D eigenvalue weighted by Gasteiger charge is 2.29. The van der Waals surface area contributed by atoms with Crippen molar-refractivity contribution in [1.29, 1.82) is 0 Å². The van der Waals surface area contributed by atoms with Crippen molar-refractivity contribution in [1.82, 2.24) is 25.3 Å². The number of morpholine rings is 1. The molecule has 2 aromatic heterocycles. The zero-order chi connectivity index (χ0) is 25.1. The van der Waals surface area contributed by atoms with E-state index in [1.165, 1.54) is 5.56 Å². The fraction of sp³-hybridized carbons (Fsp3) is 0.423. The van der Waals surface area contributed by atoms with E-state index in [1.54, 1.807) is 12.4 Å². The largest absolute Gasteiger partial charge is 0.377 e. The number of fused-ring (bicyclic) bond motifs is 1. The fourth-order valence-electron chi connectivity index (χ4n) is 4.58. The van der Waals surface area contributed by atoms with Crippen LogP contribution in [-0.4, -0.2) is 64.4 Å². The molecule has 1 unspecified atom stereocenters. The van der Waals surface area contributed by atoms with Crippen molar-refractivity contribution in [3.63, 3.8) is 0 Å². The highest BCUT2D eigenvalue weighted by Crippen LogP contribution is 2.32. The second kappa shape index (κ2) is 10.4. The second-order valence-corrected chi connectivity index (χ2v) is 9.46. The summed E-state index contributed by atoms with van der Waals surface area (Å²) >= 11 is 0. The van der Waals surface area contributed by atoms with Crippen molar-refractivity contribution < 1.29 is 9.53 Å². The Labute approximate surface area is 211 Å². The molecule has 4 heterocycles. The number of hydrogen-bond donors (Lipinski definition) is 2. The lowest BCUT2D eigenvalue weighted by Gasteiger charge is -2.37. The van der Waals surface area contributed by atoms with Crippen LogP contribution in [0.4, 0.5) is 22.2 Å². The molecule has 2 aliphatic rings. The van der Waals surface area contributed by atoms with E-state index in [4.69, 9.17) is 14.7 Å². The molecule has 1 fully saturated rings. The first-order chi connectivity index (χ1) is 17.5. The number of ether oxygens (including phenoxy) is 1. The van der Waals surface area contributed by atoms with E-state index in [9.17, 15) is 4.79 Å². The summed E-state index contributed by atoms with van der Waals surface area (Å²) in [7, 11) is 0. The van der Waals surface area contributed by atoms with Crippen molar-refractivity contribution in [3.8, 4) is 11.4 Å². The number of hydrogen-bond acceptors (Lipinski definition) is 8. The topological polar surface area (TPSA) is 108 Å². The molecule has 0 spiro atoms. The SMILES string of the molecule is CC(C)NC(=O)Nc1ccc(-c2nc3c(c(N4CCOCC4C)n2)CCN(c2ncccn2)C3)cc1. The first kappa shape index (κ1) is 23.9. The van der Waals surface area contributed by atoms with Gasteiger partial charge >= 0.3 is 6.03 Å². The van der Waals surface area contributed by atoms with Gasteiger partial charge in [0.05, 0.1) is 31.5 Å². The van der Waals surface area contributed by atoms with E-state index in [-0.39, 0.29) is 18.1 Å². The molecule has 2 aliphatic heterocycles. The summed E-state index contributed by atoms with van der Waals surface area (Å²) in [6.07, 6.45) is 4.35. The van der Waals surface area contributed by atoms with Gasteiger partial charge in [0.15, 0.2) is 5.82 Å². The lowest BCUT2D eigenvalue weighted by Crippen LogP contribution is -2.45. The van der Waals surface area contributed by atoms with Gasteiger partial charge < -0.3 is 25.2 Å². The van der Waals surface area contributed by atoms with Gasteiger partial charge in [-0.3, -0.25) is 0 Å². The minimum absolute atomic E-state index is 0.0648. The number of anilines is 3. The van der Waals surface area contributed by atoms with Gasteiger partial charge in [-0.2, -0.15) is 0 Å². The third-order valence-electron chi connectivity index (χ3n) is 6.34. The molecule has 2 N–H and O–H groups in total. The standard InChI is InChI=1S/C26H32N8O2/c1-17(2)29-26(35)30-20-7-5-19(6-8-20)23-31-22-15-33(25-27-10-4-11-28-25)12-9-21(22)24(32-23)34-13-14-36-16-18(34)3/h4-8,10-11,17-18H,9,12-16H2,1-3H3,(H2,29,30,35). The smallest absolute Gasteiger partial charge is 0.319 e. The average molecular weight is 489 g/mol. The molecule has 3 aromatic rings. The molecule has 5 rings (SSSR count). The molecular weight excluding hydrogens is 456 g/mol. The van der Waals surface area contributed by atoms with E-state index < -0.39 is 0 Å². The summed E-state index contributed by atoms with van der Waals surface area (Å²) in [5.41, 5.74) is 3.78. The van der Waals surface area contributed by atoms with E-state index in [1.807, 2.05) is 44.2 Å². The summed E-state index contributed by atoms with van der Waals surface area (Å²) in [6.45, 7) is 9.60. The number of amides is 2. The van der Waals surface area contributed by atoms with Gasteiger partial charge in [-0.15, -0.1) is 0 Å². The van der Waals surface area contributed by atoms with Gasteiger partial charge in [-0.05, 0) is 57.5 Å². The highest BCUT2D eigenvalue weighted by atomic mass is 16.5. The third-order valence-corrected chi connectivity index (χ3v) is 6.34. The van der Waals surface area contributed by atoms with Crippen molar-refractivity contribution in [2.45, 2.75) is 45.8 Å².